The highest BCUT2D eigenvalue weighted by molar-refractivity contribution is 14.0. The zero-order valence-electron chi connectivity index (χ0n) is 20.1. The molecule has 2 saturated carbocycles. The normalized spacial score (nSPS) is 30.1. The van der Waals surface area contributed by atoms with E-state index in [1.54, 1.807) is 14.2 Å². The Kier molecular flexibility index (Phi) is 7.95. The zero-order chi connectivity index (χ0) is 22.1. The summed E-state index contributed by atoms with van der Waals surface area (Å²) in [5.74, 6) is 3.33. The molecule has 33 heavy (non-hydrogen) atoms. The van der Waals surface area contributed by atoms with Crippen LogP contribution in [0.2, 0.25) is 0 Å². The number of guanidine groups is 1. The number of fused-ring (bicyclic) bond motifs is 2. The summed E-state index contributed by atoms with van der Waals surface area (Å²) in [5.41, 5.74) is 1.58. The van der Waals surface area contributed by atoms with Crippen LogP contribution in [-0.4, -0.2) is 69.5 Å². The minimum absolute atomic E-state index is 0. The fourth-order valence-corrected chi connectivity index (χ4v) is 6.40. The predicted octanol–water partition coefficient (Wildman–Crippen LogP) is 3.41. The average molecular weight is 571 g/mol. The number of likely N-dealkylation sites (tertiary alicyclic amines) is 1. The quantitative estimate of drug-likeness (QED) is 0.298. The second-order valence-electron chi connectivity index (χ2n) is 9.86. The molecule has 1 aromatic rings. The monoisotopic (exact) mass is 570 g/mol. The van der Waals surface area contributed by atoms with Crippen molar-refractivity contribution in [3.05, 3.63) is 23.8 Å². The Labute approximate surface area is 215 Å². The van der Waals surface area contributed by atoms with Crippen LogP contribution in [0.1, 0.15) is 44.6 Å². The lowest BCUT2D eigenvalue weighted by Gasteiger charge is -2.63. The summed E-state index contributed by atoms with van der Waals surface area (Å²) in [5, 5.41) is 7.60. The molecule has 4 atom stereocenters. The second-order valence-corrected chi connectivity index (χ2v) is 9.86. The average Bonchev–Trinajstić information content (AvgIpc) is 3.38. The minimum Gasteiger partial charge on any atom is -0.497 e. The second kappa shape index (κ2) is 10.6. The first-order chi connectivity index (χ1) is 15.6. The van der Waals surface area contributed by atoms with Crippen LogP contribution in [-0.2, 0) is 11.3 Å². The van der Waals surface area contributed by atoms with Gasteiger partial charge in [0.1, 0.15) is 11.5 Å². The maximum Gasteiger partial charge on any atom is 0.191 e. The van der Waals surface area contributed by atoms with Crippen LogP contribution >= 0.6 is 24.0 Å². The zero-order valence-corrected chi connectivity index (χ0v) is 22.5. The summed E-state index contributed by atoms with van der Waals surface area (Å²) in [6.07, 6.45) is 6.73. The topological polar surface area (TPSA) is 67.4 Å². The Morgan fingerprint density at radius 3 is 2.55 bits per heavy atom. The van der Waals surface area contributed by atoms with Gasteiger partial charge in [0.2, 0.25) is 0 Å². The summed E-state index contributed by atoms with van der Waals surface area (Å²) < 4.78 is 17.0. The van der Waals surface area contributed by atoms with E-state index in [2.05, 4.69) is 34.6 Å². The molecule has 2 aliphatic heterocycles. The van der Waals surface area contributed by atoms with Gasteiger partial charge in [0.15, 0.2) is 5.96 Å². The van der Waals surface area contributed by atoms with Gasteiger partial charge in [-0.3, -0.25) is 9.89 Å². The number of methoxy groups -OCH3 is 2. The van der Waals surface area contributed by atoms with Gasteiger partial charge in [-0.1, -0.05) is 6.42 Å². The van der Waals surface area contributed by atoms with Crippen LogP contribution in [0.25, 0.3) is 0 Å². The first-order valence-electron chi connectivity index (χ1n) is 12.3. The highest BCUT2D eigenvalue weighted by atomic mass is 127. The van der Waals surface area contributed by atoms with E-state index >= 15 is 0 Å². The Bertz CT molecular complexity index is 825. The number of halogens is 1. The molecule has 0 bridgehead atoms. The van der Waals surface area contributed by atoms with Crippen molar-refractivity contribution in [2.75, 3.05) is 40.5 Å². The lowest BCUT2D eigenvalue weighted by molar-refractivity contribution is -0.171. The maximum absolute atomic E-state index is 6.09. The van der Waals surface area contributed by atoms with Crippen molar-refractivity contribution in [1.29, 1.82) is 0 Å². The third-order valence-electron chi connectivity index (χ3n) is 8.08. The molecule has 2 heterocycles. The first-order valence-corrected chi connectivity index (χ1v) is 12.3. The molecule has 0 radical (unpaired) electrons. The van der Waals surface area contributed by atoms with Crippen LogP contribution in [0.3, 0.4) is 0 Å². The molecule has 2 N–H and O–H groups in total. The van der Waals surface area contributed by atoms with Crippen molar-refractivity contribution in [2.24, 2.45) is 16.3 Å². The number of ether oxygens (including phenoxy) is 3. The third-order valence-corrected chi connectivity index (χ3v) is 8.08. The van der Waals surface area contributed by atoms with Crippen LogP contribution in [0, 0.1) is 11.3 Å². The Balaban J connectivity index is 0.00000259. The molecule has 4 unspecified atom stereocenters. The number of nitrogens with one attached hydrogen (secondary N) is 2. The van der Waals surface area contributed by atoms with E-state index in [-0.39, 0.29) is 24.0 Å². The molecule has 184 valence electrons. The molecule has 2 saturated heterocycles. The van der Waals surface area contributed by atoms with Crippen molar-refractivity contribution < 1.29 is 14.2 Å². The van der Waals surface area contributed by atoms with Crippen LogP contribution < -0.4 is 20.1 Å². The number of nitrogens with zero attached hydrogens (tertiary/aromatic N) is 2. The maximum atomic E-state index is 6.09. The van der Waals surface area contributed by atoms with Crippen LogP contribution in [0.15, 0.2) is 23.2 Å². The van der Waals surface area contributed by atoms with Gasteiger partial charge in [0.05, 0.1) is 20.3 Å². The van der Waals surface area contributed by atoms with E-state index in [1.807, 2.05) is 6.07 Å². The van der Waals surface area contributed by atoms with Crippen LogP contribution in [0.4, 0.5) is 0 Å². The smallest absolute Gasteiger partial charge is 0.191 e. The van der Waals surface area contributed by atoms with Crippen molar-refractivity contribution in [1.82, 2.24) is 15.5 Å². The van der Waals surface area contributed by atoms with E-state index in [9.17, 15) is 0 Å². The molecule has 1 spiro atoms. The Morgan fingerprint density at radius 2 is 1.91 bits per heavy atom. The van der Waals surface area contributed by atoms with E-state index in [0.717, 1.165) is 56.7 Å². The molecule has 4 fully saturated rings. The molecular weight excluding hydrogens is 531 g/mol. The molecule has 7 nitrogen and oxygen atoms in total. The van der Waals surface area contributed by atoms with Crippen molar-refractivity contribution >= 4 is 29.9 Å². The number of hydrogen-bond donors (Lipinski definition) is 2. The van der Waals surface area contributed by atoms with Gasteiger partial charge in [0.25, 0.3) is 0 Å². The van der Waals surface area contributed by atoms with Gasteiger partial charge in [-0.15, -0.1) is 24.0 Å². The largest absolute Gasteiger partial charge is 0.497 e. The summed E-state index contributed by atoms with van der Waals surface area (Å²) in [6, 6.07) is 7.05. The van der Waals surface area contributed by atoms with Gasteiger partial charge in [-0.2, -0.15) is 0 Å². The summed E-state index contributed by atoms with van der Waals surface area (Å²) in [6.45, 7) is 6.81. The van der Waals surface area contributed by atoms with Gasteiger partial charge in [-0.25, -0.2) is 0 Å². The van der Waals surface area contributed by atoms with Gasteiger partial charge >= 0.3 is 0 Å². The van der Waals surface area contributed by atoms with Crippen molar-refractivity contribution in [2.45, 2.75) is 63.8 Å². The SMILES string of the molecule is CCN=C(NC1CCN(Cc2cc(OC)cc(OC)c2)C1)NC1C2CCOC2C12CCC2.I. The van der Waals surface area contributed by atoms with E-state index < -0.39 is 0 Å². The first kappa shape index (κ1) is 24.9. The van der Waals surface area contributed by atoms with E-state index in [0.29, 0.717) is 29.5 Å². The Morgan fingerprint density at radius 1 is 1.15 bits per heavy atom. The molecule has 2 aliphatic carbocycles. The third kappa shape index (κ3) is 4.80. The van der Waals surface area contributed by atoms with Crippen molar-refractivity contribution in [3.8, 4) is 11.5 Å². The standard InChI is InChI=1S/C25H38N4O3.HI/c1-4-26-24(28-22-21-7-11-32-23(21)25(22)8-5-9-25)27-18-6-10-29(16-18)15-17-12-19(30-2)14-20(13-17)31-3;/h12-14,18,21-23H,4-11,15-16H2,1-3H3,(H2,26,27,28);1H. The fourth-order valence-electron chi connectivity index (χ4n) is 6.40. The summed E-state index contributed by atoms with van der Waals surface area (Å²) in [4.78, 5) is 7.30. The summed E-state index contributed by atoms with van der Waals surface area (Å²) in [7, 11) is 3.40. The van der Waals surface area contributed by atoms with E-state index in [1.165, 1.54) is 31.2 Å². The van der Waals surface area contributed by atoms with Gasteiger partial charge < -0.3 is 24.8 Å². The summed E-state index contributed by atoms with van der Waals surface area (Å²) >= 11 is 0. The predicted molar refractivity (Wildman–Crippen MR) is 141 cm³/mol. The molecule has 5 rings (SSSR count). The number of hydrogen-bond acceptors (Lipinski definition) is 5. The van der Waals surface area contributed by atoms with Crippen LogP contribution in [0.5, 0.6) is 11.5 Å². The number of benzene rings is 1. The number of aliphatic imine (C=N–C) groups is 1. The molecule has 0 aromatic heterocycles. The lowest BCUT2D eigenvalue weighted by Crippen LogP contribution is -2.72. The minimum atomic E-state index is 0. The molecular formula is C25H39IN4O3. The van der Waals surface area contributed by atoms with E-state index in [4.69, 9.17) is 19.2 Å². The van der Waals surface area contributed by atoms with Gasteiger partial charge in [-0.05, 0) is 50.3 Å². The fraction of sp³-hybridized carbons (Fsp3) is 0.720. The lowest BCUT2D eigenvalue weighted by atomic mass is 9.46. The van der Waals surface area contributed by atoms with Crippen molar-refractivity contribution in [3.63, 3.8) is 0 Å². The molecule has 1 aromatic carbocycles. The van der Waals surface area contributed by atoms with Gasteiger partial charge in [0, 0.05) is 62.3 Å². The number of rotatable bonds is 7. The molecule has 8 heteroatoms. The Hall–Kier alpha value is -1.26. The molecule has 4 aliphatic rings. The highest BCUT2D eigenvalue weighted by Gasteiger charge is 2.66. The molecule has 0 amide bonds. The highest BCUT2D eigenvalue weighted by Crippen LogP contribution is 2.62.